The molecule has 3 N–H and O–H groups in total. The second-order valence-corrected chi connectivity index (χ2v) is 9.49. The largest absolute Gasteiger partial charge is 0.486 e. The summed E-state index contributed by atoms with van der Waals surface area (Å²) in [5, 5.41) is 6.37. The first-order chi connectivity index (χ1) is 17.0. The summed E-state index contributed by atoms with van der Waals surface area (Å²) in [6.07, 6.45) is 7.54. The number of nitrogens with zero attached hydrogens (tertiary/aromatic N) is 2. The molecule has 0 atom stereocenters. The van der Waals surface area contributed by atoms with Crippen LogP contribution in [0.25, 0.3) is 11.0 Å². The molecule has 1 fully saturated rings. The fourth-order valence-electron chi connectivity index (χ4n) is 4.98. The minimum Gasteiger partial charge on any atom is -0.486 e. The van der Waals surface area contributed by atoms with E-state index in [2.05, 4.69) is 25.6 Å². The lowest BCUT2D eigenvalue weighted by Crippen LogP contribution is -2.25. The van der Waals surface area contributed by atoms with Gasteiger partial charge in [0.25, 0.3) is 5.91 Å². The van der Waals surface area contributed by atoms with E-state index in [1.54, 1.807) is 6.92 Å². The number of ketones is 2. The zero-order valence-corrected chi connectivity index (χ0v) is 19.7. The van der Waals surface area contributed by atoms with Crippen LogP contribution < -0.4 is 15.4 Å². The van der Waals surface area contributed by atoms with Gasteiger partial charge in [-0.15, -0.1) is 0 Å². The predicted molar refractivity (Wildman–Crippen MR) is 130 cm³/mol. The number of nitrogens with one attached hydrogen (secondary N) is 3. The highest BCUT2D eigenvalue weighted by atomic mass is 16.5. The number of carbonyl (C=O) groups is 3. The summed E-state index contributed by atoms with van der Waals surface area (Å²) in [4.78, 5) is 47.9. The third kappa shape index (κ3) is 5.03. The van der Waals surface area contributed by atoms with Crippen LogP contribution in [-0.4, -0.2) is 45.6 Å². The van der Waals surface area contributed by atoms with Crippen LogP contribution in [0, 0.1) is 11.8 Å². The lowest BCUT2D eigenvalue weighted by Gasteiger charge is -2.27. The number of aromatic nitrogens is 3. The Morgan fingerprint density at radius 1 is 1.17 bits per heavy atom. The molecule has 1 aliphatic carbocycles. The van der Waals surface area contributed by atoms with Crippen LogP contribution in [0.1, 0.15) is 54.2 Å². The monoisotopic (exact) mass is 475 g/mol. The molecule has 2 aliphatic rings. The molecule has 3 aromatic rings. The fraction of sp³-hybridized carbons (Fsp3) is 0.423. The molecule has 2 aromatic heterocycles. The van der Waals surface area contributed by atoms with Gasteiger partial charge in [-0.2, -0.15) is 0 Å². The molecule has 0 spiro atoms. The Hall–Kier alpha value is -3.75. The Labute approximate surface area is 203 Å². The van der Waals surface area contributed by atoms with Crippen molar-refractivity contribution < 1.29 is 19.1 Å². The van der Waals surface area contributed by atoms with E-state index < -0.39 is 0 Å². The van der Waals surface area contributed by atoms with Gasteiger partial charge in [0.1, 0.15) is 30.0 Å². The van der Waals surface area contributed by atoms with Crippen LogP contribution in [0.2, 0.25) is 0 Å². The van der Waals surface area contributed by atoms with Crippen molar-refractivity contribution in [3.8, 4) is 5.75 Å². The molecule has 1 aliphatic heterocycles. The van der Waals surface area contributed by atoms with Gasteiger partial charge in [0.2, 0.25) is 0 Å². The average Bonchev–Trinajstić information content (AvgIpc) is 3.29. The molecule has 0 radical (unpaired) electrons. The van der Waals surface area contributed by atoms with Gasteiger partial charge >= 0.3 is 0 Å². The first kappa shape index (κ1) is 23.0. The highest BCUT2D eigenvalue weighted by Crippen LogP contribution is 2.30. The number of fused-ring (bicyclic) bond motifs is 2. The summed E-state index contributed by atoms with van der Waals surface area (Å²) in [6.45, 7) is 2.90. The van der Waals surface area contributed by atoms with Crippen LogP contribution in [0.15, 0.2) is 30.7 Å². The number of anilines is 1. The molecule has 0 bridgehead atoms. The Kier molecular flexibility index (Phi) is 6.48. The van der Waals surface area contributed by atoms with Gasteiger partial charge < -0.3 is 20.4 Å². The third-order valence-corrected chi connectivity index (χ3v) is 7.04. The minimum atomic E-state index is -0.307. The van der Waals surface area contributed by atoms with E-state index in [4.69, 9.17) is 4.74 Å². The van der Waals surface area contributed by atoms with Crippen LogP contribution in [0.4, 0.5) is 5.69 Å². The molecule has 3 heterocycles. The first-order valence-corrected chi connectivity index (χ1v) is 12.1. The summed E-state index contributed by atoms with van der Waals surface area (Å²) in [5.74, 6) is 1.48. The highest BCUT2D eigenvalue weighted by molar-refractivity contribution is 6.05. The molecule has 35 heavy (non-hydrogen) atoms. The Bertz CT molecular complexity index is 1280. The van der Waals surface area contributed by atoms with Gasteiger partial charge in [-0.3, -0.25) is 14.4 Å². The van der Waals surface area contributed by atoms with Crippen molar-refractivity contribution in [3.63, 3.8) is 0 Å². The van der Waals surface area contributed by atoms with Crippen LogP contribution in [-0.2, 0) is 22.6 Å². The maximum Gasteiger partial charge on any atom is 0.272 e. The van der Waals surface area contributed by atoms with Crippen LogP contribution >= 0.6 is 0 Å². The van der Waals surface area contributed by atoms with Crippen molar-refractivity contribution in [2.45, 2.75) is 45.6 Å². The predicted octanol–water partition coefficient (Wildman–Crippen LogP) is 3.20. The van der Waals surface area contributed by atoms with Gasteiger partial charge in [-0.05, 0) is 56.2 Å². The summed E-state index contributed by atoms with van der Waals surface area (Å²) < 4.78 is 5.43. The fourth-order valence-corrected chi connectivity index (χ4v) is 4.98. The van der Waals surface area contributed by atoms with E-state index in [1.807, 2.05) is 24.4 Å². The number of hydrogen-bond acceptors (Lipinski definition) is 7. The third-order valence-electron chi connectivity index (χ3n) is 7.04. The SMILES string of the molecule is CC(=O)C1CCC(CNc2c[nH]c3c(C(=O)NCc4ccc5c(c4)CC(=O)CO5)ncnc23)CC1. The number of rotatable bonds is 7. The number of ether oxygens (including phenoxy) is 1. The standard InChI is InChI=1S/C26H29N5O4/c1-15(32)18-5-2-16(3-6-18)10-27-21-12-28-24-23(21)30-14-31-25(24)26(34)29-11-17-4-7-22-19(8-17)9-20(33)13-35-22/h4,7-8,12,14,16,18,27-28H,2-3,5-6,9-11,13H2,1H3,(H,29,34). The molecular formula is C26H29N5O4. The minimum absolute atomic E-state index is 0.0435. The van der Waals surface area contributed by atoms with Gasteiger partial charge in [0.05, 0.1) is 11.2 Å². The number of amides is 1. The highest BCUT2D eigenvalue weighted by Gasteiger charge is 2.24. The lowest BCUT2D eigenvalue weighted by molar-refractivity contribution is -0.122. The van der Waals surface area contributed by atoms with Gasteiger partial charge in [-0.25, -0.2) is 9.97 Å². The quantitative estimate of drug-likeness (QED) is 0.479. The van der Waals surface area contributed by atoms with E-state index in [0.29, 0.717) is 35.7 Å². The summed E-state index contributed by atoms with van der Waals surface area (Å²) >= 11 is 0. The normalized spacial score (nSPS) is 19.6. The molecule has 1 saturated carbocycles. The Balaban J connectivity index is 1.22. The second kappa shape index (κ2) is 9.85. The van der Waals surface area contributed by atoms with Crippen molar-refractivity contribution in [1.82, 2.24) is 20.3 Å². The summed E-state index contributed by atoms with van der Waals surface area (Å²) in [5.41, 5.74) is 4.09. The zero-order valence-electron chi connectivity index (χ0n) is 19.7. The number of benzene rings is 1. The number of aromatic amines is 1. The van der Waals surface area contributed by atoms with E-state index in [0.717, 1.165) is 54.8 Å². The van der Waals surface area contributed by atoms with Crippen LogP contribution in [0.3, 0.4) is 0 Å². The smallest absolute Gasteiger partial charge is 0.272 e. The molecule has 1 amide bonds. The summed E-state index contributed by atoms with van der Waals surface area (Å²) in [7, 11) is 0. The Morgan fingerprint density at radius 3 is 2.80 bits per heavy atom. The topological polar surface area (TPSA) is 126 Å². The van der Waals surface area contributed by atoms with E-state index in [9.17, 15) is 14.4 Å². The number of hydrogen-bond donors (Lipinski definition) is 3. The molecular weight excluding hydrogens is 446 g/mol. The maximum absolute atomic E-state index is 12.9. The van der Waals surface area contributed by atoms with Gasteiger partial charge in [0.15, 0.2) is 11.5 Å². The molecule has 0 saturated heterocycles. The van der Waals surface area contributed by atoms with Crippen molar-refractivity contribution in [3.05, 3.63) is 47.5 Å². The molecule has 0 unspecified atom stereocenters. The molecule has 5 rings (SSSR count). The number of Topliss-reactive ketones (excluding diaryl/α,β-unsaturated/α-hetero) is 2. The zero-order chi connectivity index (χ0) is 24.4. The van der Waals surface area contributed by atoms with Crippen LogP contribution in [0.5, 0.6) is 5.75 Å². The maximum atomic E-state index is 12.9. The molecule has 1 aromatic carbocycles. The van der Waals surface area contributed by atoms with Gasteiger partial charge in [-0.1, -0.05) is 6.07 Å². The van der Waals surface area contributed by atoms with Crippen molar-refractivity contribution in [1.29, 1.82) is 0 Å². The van der Waals surface area contributed by atoms with Crippen molar-refractivity contribution >= 4 is 34.2 Å². The van der Waals surface area contributed by atoms with Gasteiger partial charge in [0, 0.05) is 37.2 Å². The average molecular weight is 476 g/mol. The molecule has 9 heteroatoms. The van der Waals surface area contributed by atoms with Crippen molar-refractivity contribution in [2.75, 3.05) is 18.5 Å². The number of carbonyl (C=O) groups excluding carboxylic acids is 3. The van der Waals surface area contributed by atoms with E-state index >= 15 is 0 Å². The Morgan fingerprint density at radius 2 is 2.00 bits per heavy atom. The second-order valence-electron chi connectivity index (χ2n) is 9.49. The van der Waals surface area contributed by atoms with E-state index in [-0.39, 0.29) is 29.9 Å². The molecule has 182 valence electrons. The number of H-pyrrole nitrogens is 1. The lowest BCUT2D eigenvalue weighted by atomic mass is 9.80. The molecule has 9 nitrogen and oxygen atoms in total. The summed E-state index contributed by atoms with van der Waals surface area (Å²) in [6, 6.07) is 5.61. The van der Waals surface area contributed by atoms with E-state index in [1.165, 1.54) is 6.33 Å². The first-order valence-electron chi connectivity index (χ1n) is 12.1. The van der Waals surface area contributed by atoms with Crippen molar-refractivity contribution in [2.24, 2.45) is 11.8 Å².